The van der Waals surface area contributed by atoms with Crippen molar-refractivity contribution in [3.8, 4) is 0 Å². The molecule has 0 aliphatic heterocycles. The van der Waals surface area contributed by atoms with Crippen molar-refractivity contribution in [3.05, 3.63) is 52.6 Å². The van der Waals surface area contributed by atoms with Crippen molar-refractivity contribution in [3.63, 3.8) is 0 Å². The van der Waals surface area contributed by atoms with Crippen LogP contribution in [0.3, 0.4) is 0 Å². The van der Waals surface area contributed by atoms with Gasteiger partial charge in [0, 0.05) is 12.2 Å². The van der Waals surface area contributed by atoms with E-state index in [2.05, 4.69) is 14.9 Å². The van der Waals surface area contributed by atoms with Crippen molar-refractivity contribution in [2.75, 3.05) is 11.4 Å². The predicted octanol–water partition coefficient (Wildman–Crippen LogP) is 3.29. The summed E-state index contributed by atoms with van der Waals surface area (Å²) in [6, 6.07) is 12.8. The van der Waals surface area contributed by atoms with E-state index >= 15 is 0 Å². The minimum atomic E-state index is -0.451. The Morgan fingerprint density at radius 3 is 2.62 bits per heavy atom. The first-order valence-electron chi connectivity index (χ1n) is 6.44. The third-order valence-corrected chi connectivity index (χ3v) is 3.24. The third-order valence-electron chi connectivity index (χ3n) is 3.24. The van der Waals surface area contributed by atoms with Crippen molar-refractivity contribution < 1.29 is 9.55 Å². The maximum Gasteiger partial charge on any atom is 0.324 e. The minimum absolute atomic E-state index is 0.0977. The summed E-state index contributed by atoms with van der Waals surface area (Å²) in [6.07, 6.45) is 0. The molecule has 0 saturated carbocycles. The van der Waals surface area contributed by atoms with Crippen LogP contribution in [0.1, 0.15) is 6.92 Å². The van der Waals surface area contributed by atoms with Crippen LogP contribution >= 0.6 is 0 Å². The molecule has 0 unspecified atom stereocenters. The van der Waals surface area contributed by atoms with E-state index in [1.807, 2.05) is 42.2 Å². The highest BCUT2D eigenvalue weighted by Crippen LogP contribution is 2.37. The lowest BCUT2D eigenvalue weighted by Gasteiger charge is -2.22. The van der Waals surface area contributed by atoms with Gasteiger partial charge in [0.25, 0.3) is 0 Å². The van der Waals surface area contributed by atoms with Gasteiger partial charge in [-0.3, -0.25) is 10.1 Å². The van der Waals surface area contributed by atoms with Crippen molar-refractivity contribution in [1.29, 1.82) is 0 Å². The summed E-state index contributed by atoms with van der Waals surface area (Å²) in [5, 5.41) is 18.8. The number of rotatable bonds is 4. The number of fused-ring (bicyclic) bond motifs is 1. The van der Waals surface area contributed by atoms with Gasteiger partial charge in [-0.05, 0) is 41.5 Å². The summed E-state index contributed by atoms with van der Waals surface area (Å²) in [6.45, 7) is 2.52. The highest BCUT2D eigenvalue weighted by Gasteiger charge is 2.26. The average molecular weight is 284 g/mol. The van der Waals surface area contributed by atoms with E-state index in [1.54, 1.807) is 12.1 Å². The van der Waals surface area contributed by atoms with Gasteiger partial charge in [-0.15, -0.1) is 0 Å². The molecule has 0 N–H and O–H groups in total. The fourth-order valence-corrected chi connectivity index (χ4v) is 2.32. The molecule has 3 aromatic rings. The smallest absolute Gasteiger partial charge is 0.324 e. The number of hydrogen-bond acceptors (Lipinski definition) is 6. The molecule has 106 valence electrons. The summed E-state index contributed by atoms with van der Waals surface area (Å²) in [7, 11) is 0. The fourth-order valence-electron chi connectivity index (χ4n) is 2.32. The average Bonchev–Trinajstić information content (AvgIpc) is 2.97. The molecule has 0 amide bonds. The molecule has 0 spiro atoms. The Balaban J connectivity index is 2.23. The molecule has 0 aliphatic carbocycles. The van der Waals surface area contributed by atoms with E-state index in [-0.39, 0.29) is 11.2 Å². The quantitative estimate of drug-likeness (QED) is 0.539. The SMILES string of the molecule is CCN(c1ccccc1)c1ccc2nonc2c1[N+](=O)[O-]. The van der Waals surface area contributed by atoms with Crippen LogP contribution in [0.15, 0.2) is 47.1 Å². The fraction of sp³-hybridized carbons (Fsp3) is 0.143. The molecule has 0 bridgehead atoms. The maximum absolute atomic E-state index is 11.5. The summed E-state index contributed by atoms with van der Waals surface area (Å²) >= 11 is 0. The molecule has 3 rings (SSSR count). The summed E-state index contributed by atoms with van der Waals surface area (Å²) in [5.41, 5.74) is 1.77. The van der Waals surface area contributed by atoms with Crippen LogP contribution in [0.2, 0.25) is 0 Å². The highest BCUT2D eigenvalue weighted by atomic mass is 16.6. The minimum Gasteiger partial charge on any atom is -0.336 e. The molecule has 0 atom stereocenters. The second kappa shape index (κ2) is 5.20. The Labute approximate surface area is 119 Å². The van der Waals surface area contributed by atoms with E-state index in [9.17, 15) is 10.1 Å². The second-order valence-electron chi connectivity index (χ2n) is 4.40. The van der Waals surface area contributed by atoms with E-state index in [0.29, 0.717) is 17.7 Å². The van der Waals surface area contributed by atoms with Gasteiger partial charge in [0.2, 0.25) is 5.52 Å². The van der Waals surface area contributed by atoms with Gasteiger partial charge < -0.3 is 4.90 Å². The monoisotopic (exact) mass is 284 g/mol. The van der Waals surface area contributed by atoms with Crippen LogP contribution in [0, 0.1) is 10.1 Å². The summed E-state index contributed by atoms with van der Waals surface area (Å²) in [5.74, 6) is 0. The first kappa shape index (κ1) is 13.0. The molecule has 7 heteroatoms. The van der Waals surface area contributed by atoms with Crippen LogP contribution in [-0.4, -0.2) is 21.8 Å². The lowest BCUT2D eigenvalue weighted by molar-refractivity contribution is -0.382. The van der Waals surface area contributed by atoms with Crippen LogP contribution in [0.25, 0.3) is 11.0 Å². The second-order valence-corrected chi connectivity index (χ2v) is 4.40. The summed E-state index contributed by atoms with van der Waals surface area (Å²) < 4.78 is 4.61. The zero-order chi connectivity index (χ0) is 14.8. The molecule has 1 aromatic heterocycles. The molecular weight excluding hydrogens is 272 g/mol. The van der Waals surface area contributed by atoms with Gasteiger partial charge in [0.15, 0.2) is 0 Å². The lowest BCUT2D eigenvalue weighted by atomic mass is 10.2. The molecule has 7 nitrogen and oxygen atoms in total. The van der Waals surface area contributed by atoms with E-state index in [1.165, 1.54) is 0 Å². The third kappa shape index (κ3) is 2.18. The van der Waals surface area contributed by atoms with Crippen LogP contribution < -0.4 is 4.90 Å². The molecule has 0 fully saturated rings. The number of benzene rings is 2. The van der Waals surface area contributed by atoms with Gasteiger partial charge in [0.1, 0.15) is 11.2 Å². The Hall–Kier alpha value is -2.96. The Bertz CT molecular complexity index is 785. The van der Waals surface area contributed by atoms with Gasteiger partial charge in [-0.2, -0.15) is 0 Å². The van der Waals surface area contributed by atoms with Gasteiger partial charge in [-0.25, -0.2) is 4.63 Å². The predicted molar refractivity (Wildman–Crippen MR) is 77.6 cm³/mol. The number of aromatic nitrogens is 2. The van der Waals surface area contributed by atoms with Crippen LogP contribution in [0.4, 0.5) is 17.1 Å². The maximum atomic E-state index is 11.5. The number of nitro groups is 1. The van der Waals surface area contributed by atoms with Crippen molar-refractivity contribution in [2.45, 2.75) is 6.92 Å². The first-order chi connectivity index (χ1) is 10.2. The normalized spacial score (nSPS) is 10.7. The van der Waals surface area contributed by atoms with E-state index < -0.39 is 4.92 Å². The van der Waals surface area contributed by atoms with Crippen LogP contribution in [-0.2, 0) is 0 Å². The molecule has 0 saturated heterocycles. The first-order valence-corrected chi connectivity index (χ1v) is 6.44. The molecule has 0 aliphatic rings. The standard InChI is InChI=1S/C14H12N4O3/c1-2-17(10-6-4-3-5-7-10)12-9-8-11-13(16-21-15-11)14(12)18(19)20/h3-9H,2H2,1H3. The van der Waals surface area contributed by atoms with Gasteiger partial charge in [-0.1, -0.05) is 18.2 Å². The number of nitrogens with zero attached hydrogens (tertiary/aromatic N) is 4. The zero-order valence-electron chi connectivity index (χ0n) is 11.3. The van der Waals surface area contributed by atoms with Gasteiger partial charge >= 0.3 is 5.69 Å². The largest absolute Gasteiger partial charge is 0.336 e. The molecule has 2 aromatic carbocycles. The molecule has 0 radical (unpaired) electrons. The molecular formula is C14H12N4O3. The number of para-hydroxylation sites is 1. The van der Waals surface area contributed by atoms with Crippen LogP contribution in [0.5, 0.6) is 0 Å². The molecule has 21 heavy (non-hydrogen) atoms. The van der Waals surface area contributed by atoms with Crippen molar-refractivity contribution in [1.82, 2.24) is 10.3 Å². The Morgan fingerprint density at radius 1 is 1.19 bits per heavy atom. The summed E-state index contributed by atoms with van der Waals surface area (Å²) in [4.78, 5) is 12.9. The van der Waals surface area contributed by atoms with Gasteiger partial charge in [0.05, 0.1) is 4.92 Å². The highest BCUT2D eigenvalue weighted by molar-refractivity contribution is 5.92. The topological polar surface area (TPSA) is 85.3 Å². The van der Waals surface area contributed by atoms with E-state index in [4.69, 9.17) is 0 Å². The number of nitro benzene ring substituents is 1. The van der Waals surface area contributed by atoms with E-state index in [0.717, 1.165) is 5.69 Å². The number of anilines is 2. The van der Waals surface area contributed by atoms with Crippen molar-refractivity contribution in [2.24, 2.45) is 0 Å². The Morgan fingerprint density at radius 2 is 1.95 bits per heavy atom. The van der Waals surface area contributed by atoms with Crippen molar-refractivity contribution >= 4 is 28.1 Å². The molecule has 1 heterocycles. The zero-order valence-corrected chi connectivity index (χ0v) is 11.3. The number of hydrogen-bond donors (Lipinski definition) is 0. The lowest BCUT2D eigenvalue weighted by Crippen LogP contribution is -2.17. The Kier molecular flexibility index (Phi) is 3.23.